The molecule has 0 amide bonds. The lowest BCUT2D eigenvalue weighted by Gasteiger charge is -2.33. The standard InChI is InChI=1S/C53H46N2/c1-5-39(22-16-17-37(2)3)54(42-28-30-43(31-29-42)55(40-18-8-6-9-19-40)41-20-10-7-11-21-41)44-32-34-48-46-24-13-15-26-50(46)53(52(48)36-44)49-25-14-12-23-45(49)47-33-27-38(4)35-51(47)53/h6-37H,5H2,1-4H3/b17-16-,39-22+. The van der Waals surface area contributed by atoms with Crippen LogP contribution >= 0.6 is 0 Å². The number of benzene rings is 7. The Bertz CT molecular complexity index is 2510. The zero-order chi connectivity index (χ0) is 37.5. The number of para-hydroxylation sites is 2. The number of fused-ring (bicyclic) bond motifs is 10. The van der Waals surface area contributed by atoms with Gasteiger partial charge >= 0.3 is 0 Å². The fourth-order valence-electron chi connectivity index (χ4n) is 8.95. The van der Waals surface area contributed by atoms with Crippen LogP contribution in [-0.4, -0.2) is 0 Å². The molecule has 0 bridgehead atoms. The molecule has 0 heterocycles. The minimum absolute atomic E-state index is 0.408. The van der Waals surface area contributed by atoms with E-state index in [1.807, 2.05) is 0 Å². The van der Waals surface area contributed by atoms with Gasteiger partial charge in [-0.3, -0.25) is 0 Å². The molecule has 9 rings (SSSR count). The van der Waals surface area contributed by atoms with Gasteiger partial charge < -0.3 is 9.80 Å². The van der Waals surface area contributed by atoms with Crippen LogP contribution in [0.5, 0.6) is 0 Å². The Morgan fingerprint density at radius 3 is 1.56 bits per heavy atom. The summed E-state index contributed by atoms with van der Waals surface area (Å²) in [6.07, 6.45) is 7.68. The molecule has 7 aromatic rings. The van der Waals surface area contributed by atoms with Gasteiger partial charge in [0.2, 0.25) is 0 Å². The van der Waals surface area contributed by atoms with Gasteiger partial charge in [-0.1, -0.05) is 148 Å². The summed E-state index contributed by atoms with van der Waals surface area (Å²) in [5, 5.41) is 0. The van der Waals surface area contributed by atoms with Crippen LogP contribution in [0, 0.1) is 12.8 Å². The number of allylic oxidation sites excluding steroid dienone is 4. The fourth-order valence-corrected chi connectivity index (χ4v) is 8.95. The molecule has 0 fully saturated rings. The van der Waals surface area contributed by atoms with E-state index in [2.05, 4.69) is 226 Å². The first-order chi connectivity index (χ1) is 27.0. The van der Waals surface area contributed by atoms with E-state index in [0.717, 1.165) is 34.9 Å². The average Bonchev–Trinajstić information content (AvgIpc) is 3.68. The summed E-state index contributed by atoms with van der Waals surface area (Å²) < 4.78 is 0. The molecule has 1 spiro atoms. The van der Waals surface area contributed by atoms with Gasteiger partial charge in [-0.2, -0.15) is 0 Å². The highest BCUT2D eigenvalue weighted by Crippen LogP contribution is 2.63. The van der Waals surface area contributed by atoms with Crippen molar-refractivity contribution in [2.75, 3.05) is 9.80 Å². The largest absolute Gasteiger partial charge is 0.314 e. The van der Waals surface area contributed by atoms with Crippen molar-refractivity contribution in [2.24, 2.45) is 5.92 Å². The maximum atomic E-state index is 2.49. The number of aryl methyl sites for hydroxylation is 1. The van der Waals surface area contributed by atoms with Crippen molar-refractivity contribution in [1.29, 1.82) is 0 Å². The Balaban J connectivity index is 1.24. The second-order valence-corrected chi connectivity index (χ2v) is 15.1. The predicted octanol–water partition coefficient (Wildman–Crippen LogP) is 14.5. The van der Waals surface area contributed by atoms with E-state index >= 15 is 0 Å². The molecule has 0 aromatic heterocycles. The average molecular weight is 711 g/mol. The normalized spacial score (nSPS) is 15.3. The third-order valence-electron chi connectivity index (χ3n) is 11.3. The van der Waals surface area contributed by atoms with Crippen LogP contribution in [0.15, 0.2) is 194 Å². The summed E-state index contributed by atoms with van der Waals surface area (Å²) in [5.41, 5.74) is 18.5. The van der Waals surface area contributed by atoms with Gasteiger partial charge in [0.05, 0.1) is 5.41 Å². The van der Waals surface area contributed by atoms with Crippen LogP contribution in [0.2, 0.25) is 0 Å². The molecular weight excluding hydrogens is 665 g/mol. The number of hydrogen-bond acceptors (Lipinski definition) is 2. The van der Waals surface area contributed by atoms with Gasteiger partial charge in [-0.25, -0.2) is 0 Å². The van der Waals surface area contributed by atoms with E-state index in [1.165, 1.54) is 55.8 Å². The van der Waals surface area contributed by atoms with Crippen LogP contribution in [0.1, 0.15) is 55.0 Å². The lowest BCUT2D eigenvalue weighted by molar-refractivity contribution is 0.792. The highest BCUT2D eigenvalue weighted by Gasteiger charge is 2.51. The van der Waals surface area contributed by atoms with Crippen molar-refractivity contribution in [3.63, 3.8) is 0 Å². The minimum atomic E-state index is -0.408. The van der Waals surface area contributed by atoms with Crippen molar-refractivity contribution in [2.45, 2.75) is 39.5 Å². The van der Waals surface area contributed by atoms with Crippen molar-refractivity contribution < 1.29 is 0 Å². The van der Waals surface area contributed by atoms with Crippen LogP contribution in [0.25, 0.3) is 22.3 Å². The summed E-state index contributed by atoms with van der Waals surface area (Å²) in [6.45, 7) is 8.95. The first-order valence-corrected chi connectivity index (χ1v) is 19.6. The van der Waals surface area contributed by atoms with Gasteiger partial charge in [0.1, 0.15) is 0 Å². The number of nitrogens with zero attached hydrogens (tertiary/aromatic N) is 2. The van der Waals surface area contributed by atoms with E-state index in [0.29, 0.717) is 5.92 Å². The number of anilines is 5. The SMILES string of the molecule is CC/C(=C\C=C/C(C)C)N(c1ccc(N(c2ccccc2)c2ccccc2)cc1)c1ccc2c(c1)C1(c3ccccc3-c3ccc(C)cc31)c1ccccc1-2. The number of rotatable bonds is 9. The molecular formula is C53H46N2. The second-order valence-electron chi connectivity index (χ2n) is 15.1. The van der Waals surface area contributed by atoms with E-state index in [9.17, 15) is 0 Å². The predicted molar refractivity (Wildman–Crippen MR) is 233 cm³/mol. The quantitative estimate of drug-likeness (QED) is 0.138. The Kier molecular flexibility index (Phi) is 8.83. The molecule has 0 saturated heterocycles. The van der Waals surface area contributed by atoms with E-state index < -0.39 is 5.41 Å². The maximum absolute atomic E-state index is 2.49. The maximum Gasteiger partial charge on any atom is 0.0726 e. The molecule has 2 aliphatic carbocycles. The molecule has 2 nitrogen and oxygen atoms in total. The Morgan fingerprint density at radius 2 is 0.982 bits per heavy atom. The van der Waals surface area contributed by atoms with Gasteiger partial charge in [-0.15, -0.1) is 0 Å². The Hall–Kier alpha value is -6.38. The van der Waals surface area contributed by atoms with Gasteiger partial charge in [0.25, 0.3) is 0 Å². The fraction of sp³-hybridized carbons (Fsp3) is 0.132. The lowest BCUT2D eigenvalue weighted by Crippen LogP contribution is -2.26. The van der Waals surface area contributed by atoms with Crippen LogP contribution in [-0.2, 0) is 5.41 Å². The van der Waals surface area contributed by atoms with Crippen LogP contribution in [0.4, 0.5) is 28.4 Å². The molecule has 2 heteroatoms. The first-order valence-electron chi connectivity index (χ1n) is 19.6. The van der Waals surface area contributed by atoms with E-state index in [4.69, 9.17) is 0 Å². The topological polar surface area (TPSA) is 6.48 Å². The first kappa shape index (κ1) is 34.4. The van der Waals surface area contributed by atoms with Crippen molar-refractivity contribution in [3.8, 4) is 22.3 Å². The molecule has 268 valence electrons. The van der Waals surface area contributed by atoms with Gasteiger partial charge in [-0.05, 0) is 131 Å². The molecule has 0 N–H and O–H groups in total. The highest BCUT2D eigenvalue weighted by molar-refractivity contribution is 5.96. The molecule has 55 heavy (non-hydrogen) atoms. The van der Waals surface area contributed by atoms with Crippen molar-refractivity contribution in [3.05, 3.63) is 222 Å². The third kappa shape index (κ3) is 5.72. The summed E-state index contributed by atoms with van der Waals surface area (Å²) in [7, 11) is 0. The molecule has 0 aliphatic heterocycles. The molecule has 7 aromatic carbocycles. The van der Waals surface area contributed by atoms with Gasteiger partial charge in [0.15, 0.2) is 0 Å². The third-order valence-corrected chi connectivity index (χ3v) is 11.3. The second kappa shape index (κ2) is 14.1. The molecule has 0 radical (unpaired) electrons. The van der Waals surface area contributed by atoms with Crippen molar-refractivity contribution in [1.82, 2.24) is 0 Å². The number of hydrogen-bond donors (Lipinski definition) is 0. The summed E-state index contributed by atoms with van der Waals surface area (Å²) in [6, 6.07) is 62.7. The molecule has 1 atom stereocenters. The van der Waals surface area contributed by atoms with E-state index in [1.54, 1.807) is 0 Å². The van der Waals surface area contributed by atoms with Crippen molar-refractivity contribution >= 4 is 28.4 Å². The Labute approximate surface area is 326 Å². The molecule has 0 saturated carbocycles. The summed E-state index contributed by atoms with van der Waals surface area (Å²) in [5.74, 6) is 0.466. The lowest BCUT2D eigenvalue weighted by atomic mass is 9.70. The van der Waals surface area contributed by atoms with E-state index in [-0.39, 0.29) is 0 Å². The minimum Gasteiger partial charge on any atom is -0.314 e. The van der Waals surface area contributed by atoms with Gasteiger partial charge in [0, 0.05) is 34.1 Å². The zero-order valence-corrected chi connectivity index (χ0v) is 32.1. The monoisotopic (exact) mass is 710 g/mol. The molecule has 1 unspecified atom stereocenters. The highest BCUT2D eigenvalue weighted by atomic mass is 15.2. The van der Waals surface area contributed by atoms with Crippen LogP contribution in [0.3, 0.4) is 0 Å². The summed E-state index contributed by atoms with van der Waals surface area (Å²) >= 11 is 0. The summed E-state index contributed by atoms with van der Waals surface area (Å²) in [4.78, 5) is 4.79. The van der Waals surface area contributed by atoms with Crippen LogP contribution < -0.4 is 9.80 Å². The zero-order valence-electron chi connectivity index (χ0n) is 32.1. The Morgan fingerprint density at radius 1 is 0.509 bits per heavy atom. The molecule has 2 aliphatic rings. The smallest absolute Gasteiger partial charge is 0.0726 e.